The molecule has 0 N–H and O–H groups in total. The molecule has 3 aliphatic rings. The number of hydrogen-bond acceptors (Lipinski definition) is 6. The zero-order valence-electron chi connectivity index (χ0n) is 41.8. The summed E-state index contributed by atoms with van der Waals surface area (Å²) in [4.78, 5) is 25.6. The second-order valence-electron chi connectivity index (χ2n) is 21.5. The van der Waals surface area contributed by atoms with Crippen molar-refractivity contribution in [3.05, 3.63) is 240 Å². The summed E-state index contributed by atoms with van der Waals surface area (Å²) in [6, 6.07) is 66.5. The molecule has 0 saturated carbocycles. The summed E-state index contributed by atoms with van der Waals surface area (Å²) in [6.07, 6.45) is 7.97. The van der Waals surface area contributed by atoms with E-state index in [2.05, 4.69) is 247 Å². The smallest absolute Gasteiger partial charge is 0.138 e. The Labute approximate surface area is 418 Å². The van der Waals surface area contributed by atoms with Crippen LogP contribution in [0.15, 0.2) is 217 Å². The highest BCUT2D eigenvalue weighted by Crippen LogP contribution is 2.60. The monoisotopic (exact) mass is 922 g/mol. The van der Waals surface area contributed by atoms with E-state index in [1.165, 1.54) is 44.2 Å². The topological polar surface area (TPSA) is 57.0 Å². The van der Waals surface area contributed by atoms with Gasteiger partial charge in [0.05, 0.1) is 27.6 Å². The van der Waals surface area contributed by atoms with E-state index in [-0.39, 0.29) is 22.2 Å². The first-order chi connectivity index (χ1) is 34.2. The lowest BCUT2D eigenvalue weighted by molar-refractivity contribution is 0.338. The summed E-state index contributed by atoms with van der Waals surface area (Å²) in [5.74, 6) is 1.85. The van der Waals surface area contributed by atoms with Crippen LogP contribution < -0.4 is 9.80 Å². The molecule has 0 radical (unpaired) electrons. The van der Waals surface area contributed by atoms with E-state index < -0.39 is 5.41 Å². The molecule has 9 aromatic rings. The summed E-state index contributed by atoms with van der Waals surface area (Å²) >= 11 is 0. The van der Waals surface area contributed by atoms with Crippen molar-refractivity contribution in [2.75, 3.05) is 9.80 Å². The minimum atomic E-state index is -0.681. The van der Waals surface area contributed by atoms with Gasteiger partial charge in [0, 0.05) is 58.4 Å². The number of pyridine rings is 2. The maximum Gasteiger partial charge on any atom is 0.138 e. The molecule has 4 heterocycles. The number of fused-ring (bicyclic) bond motifs is 5. The van der Waals surface area contributed by atoms with E-state index >= 15 is 0 Å². The molecular formula is C65H58N6. The Bertz CT molecular complexity index is 3550. The van der Waals surface area contributed by atoms with Gasteiger partial charge < -0.3 is 9.80 Å². The van der Waals surface area contributed by atoms with Crippen molar-refractivity contribution in [3.8, 4) is 33.4 Å². The van der Waals surface area contributed by atoms with E-state index in [9.17, 15) is 0 Å². The Morgan fingerprint density at radius 3 is 1.31 bits per heavy atom. The second-order valence-corrected chi connectivity index (χ2v) is 21.5. The summed E-state index contributed by atoms with van der Waals surface area (Å²) < 4.78 is 0. The zero-order valence-corrected chi connectivity index (χ0v) is 41.8. The van der Waals surface area contributed by atoms with Crippen molar-refractivity contribution in [1.29, 1.82) is 0 Å². The van der Waals surface area contributed by atoms with Crippen molar-refractivity contribution in [1.82, 2.24) is 9.97 Å². The first-order valence-electron chi connectivity index (χ1n) is 24.9. The first-order valence-corrected chi connectivity index (χ1v) is 24.9. The van der Waals surface area contributed by atoms with Gasteiger partial charge >= 0.3 is 0 Å². The summed E-state index contributed by atoms with van der Waals surface area (Å²) in [5, 5.41) is 2.38. The van der Waals surface area contributed by atoms with Crippen molar-refractivity contribution in [2.24, 2.45) is 9.98 Å². The quantitative estimate of drug-likeness (QED) is 0.152. The fraction of sp³-hybridized carbons (Fsp3) is 0.200. The van der Waals surface area contributed by atoms with Gasteiger partial charge in [0.2, 0.25) is 0 Å². The lowest BCUT2D eigenvalue weighted by atomic mass is 9.67. The molecule has 0 atom stereocenters. The average molecular weight is 923 g/mol. The first kappa shape index (κ1) is 44.3. The molecule has 0 fully saturated rings. The van der Waals surface area contributed by atoms with Crippen molar-refractivity contribution in [3.63, 3.8) is 0 Å². The zero-order chi connectivity index (χ0) is 48.9. The highest BCUT2D eigenvalue weighted by molar-refractivity contribution is 6.15. The number of nitrogens with zero attached hydrogens (tertiary/aromatic N) is 6. The Morgan fingerprint density at radius 1 is 0.352 bits per heavy atom. The predicted molar refractivity (Wildman–Crippen MR) is 295 cm³/mol. The van der Waals surface area contributed by atoms with Crippen LogP contribution in [-0.2, 0) is 5.41 Å². The molecule has 0 bridgehead atoms. The fourth-order valence-electron chi connectivity index (χ4n) is 11.6. The van der Waals surface area contributed by atoms with Crippen molar-refractivity contribution < 1.29 is 0 Å². The second kappa shape index (κ2) is 16.0. The van der Waals surface area contributed by atoms with E-state index in [1.54, 1.807) is 0 Å². The standard InChI is InChI=1S/C65H58N6/c1-61(2)63(5,6)70(50-27-17-11-18-28-50)59(68-61)46-35-44(39-66-41-46)43-33-34-54-56(37-43)65(48-23-13-9-14-24-48,49-25-15-10-16-26-49)57-38-55(52-31-21-22-32-53(52)58(54)57)45-36-47(42-67-40-45)60-69-62(3,4)64(7,8)71(60)51-29-19-12-20-30-51/h9-42H,1-8H3. The van der Waals surface area contributed by atoms with Crippen LogP contribution in [0.4, 0.5) is 11.4 Å². The molecule has 2 aliphatic heterocycles. The summed E-state index contributed by atoms with van der Waals surface area (Å²) in [6.45, 7) is 18.1. The lowest BCUT2D eigenvalue weighted by Crippen LogP contribution is -2.53. The third-order valence-corrected chi connectivity index (χ3v) is 16.5. The number of aliphatic imine (C=N–C) groups is 2. The Kier molecular flexibility index (Phi) is 10.0. The molecule has 2 aromatic heterocycles. The van der Waals surface area contributed by atoms with Crippen LogP contribution in [0.1, 0.15) is 88.8 Å². The van der Waals surface area contributed by atoms with Crippen LogP contribution in [0.25, 0.3) is 44.2 Å². The van der Waals surface area contributed by atoms with E-state index in [0.29, 0.717) is 0 Å². The number of para-hydroxylation sites is 2. The molecule has 348 valence electrons. The number of benzene rings is 7. The predicted octanol–water partition coefficient (Wildman–Crippen LogP) is 15.0. The molecule has 0 unspecified atom stereocenters. The Hall–Kier alpha value is -7.96. The normalized spacial score (nSPS) is 17.7. The molecular weight excluding hydrogens is 865 g/mol. The van der Waals surface area contributed by atoms with E-state index in [1.807, 2.05) is 24.8 Å². The van der Waals surface area contributed by atoms with Crippen LogP contribution in [0, 0.1) is 0 Å². The van der Waals surface area contributed by atoms with Gasteiger partial charge in [-0.1, -0.05) is 133 Å². The molecule has 7 aromatic carbocycles. The van der Waals surface area contributed by atoms with E-state index in [0.717, 1.165) is 56.4 Å². The van der Waals surface area contributed by atoms with Crippen LogP contribution in [0.5, 0.6) is 0 Å². The van der Waals surface area contributed by atoms with Gasteiger partial charge in [-0.2, -0.15) is 0 Å². The number of amidine groups is 2. The van der Waals surface area contributed by atoms with Gasteiger partial charge in [-0.25, -0.2) is 0 Å². The largest absolute Gasteiger partial charge is 0.318 e. The van der Waals surface area contributed by atoms with Crippen LogP contribution in [-0.4, -0.2) is 43.8 Å². The third kappa shape index (κ3) is 6.60. The van der Waals surface area contributed by atoms with Gasteiger partial charge in [-0.15, -0.1) is 0 Å². The SMILES string of the molecule is CC1(C)N=C(c2cncc(-c3ccc4c(c3)C(c3ccccc3)(c3ccccc3)c3cc(-c5cncc(C6=NC(C)(C)C(C)(C)N6c6ccccc6)c5)c5ccccc5c3-4)c2)N(c2ccccc2)C1(C)C. The molecule has 0 spiro atoms. The Balaban J connectivity index is 1.07. The Morgan fingerprint density at radius 2 is 0.789 bits per heavy atom. The highest BCUT2D eigenvalue weighted by atomic mass is 15.3. The molecule has 1 aliphatic carbocycles. The molecule has 12 rings (SSSR count). The highest BCUT2D eigenvalue weighted by Gasteiger charge is 2.52. The summed E-state index contributed by atoms with van der Waals surface area (Å²) in [7, 11) is 0. The van der Waals surface area contributed by atoms with Gasteiger partial charge in [0.1, 0.15) is 11.7 Å². The molecule has 0 amide bonds. The fourth-order valence-corrected chi connectivity index (χ4v) is 11.6. The van der Waals surface area contributed by atoms with Gasteiger partial charge in [0.25, 0.3) is 0 Å². The molecule has 6 nitrogen and oxygen atoms in total. The van der Waals surface area contributed by atoms with Gasteiger partial charge in [-0.3, -0.25) is 20.0 Å². The maximum atomic E-state index is 5.47. The van der Waals surface area contributed by atoms with Crippen molar-refractivity contribution in [2.45, 2.75) is 83.0 Å². The number of anilines is 2. The van der Waals surface area contributed by atoms with Crippen LogP contribution >= 0.6 is 0 Å². The average Bonchev–Trinajstić information content (AvgIpc) is 3.88. The molecule has 6 heteroatoms. The minimum absolute atomic E-state index is 0.288. The number of rotatable bonds is 8. The van der Waals surface area contributed by atoms with Gasteiger partial charge in [-0.05, 0) is 159 Å². The summed E-state index contributed by atoms with van der Waals surface area (Å²) in [5.41, 5.74) is 13.9. The number of aromatic nitrogens is 2. The maximum absolute atomic E-state index is 5.47. The van der Waals surface area contributed by atoms with Gasteiger partial charge in [0.15, 0.2) is 0 Å². The molecule has 71 heavy (non-hydrogen) atoms. The van der Waals surface area contributed by atoms with Crippen LogP contribution in [0.2, 0.25) is 0 Å². The number of hydrogen-bond donors (Lipinski definition) is 0. The third-order valence-electron chi connectivity index (χ3n) is 16.5. The van der Waals surface area contributed by atoms with E-state index in [4.69, 9.17) is 20.0 Å². The lowest BCUT2D eigenvalue weighted by Gasteiger charge is -2.41. The molecule has 0 saturated heterocycles. The van der Waals surface area contributed by atoms with Crippen LogP contribution in [0.3, 0.4) is 0 Å². The van der Waals surface area contributed by atoms with Crippen molar-refractivity contribution >= 4 is 33.8 Å². The minimum Gasteiger partial charge on any atom is -0.318 e.